The number of carbonyl (C=O) groups excluding carboxylic acids is 1. The number of aryl methyl sites for hydroxylation is 1. The van der Waals surface area contributed by atoms with E-state index in [0.29, 0.717) is 6.42 Å². The van der Waals surface area contributed by atoms with E-state index in [1.165, 1.54) is 5.56 Å². The van der Waals surface area contributed by atoms with Crippen LogP contribution >= 0.6 is 0 Å². The fraction of sp³-hybridized carbons (Fsp3) is 0.250. The summed E-state index contributed by atoms with van der Waals surface area (Å²) in [5, 5.41) is 14.1. The maximum absolute atomic E-state index is 12.0. The van der Waals surface area contributed by atoms with E-state index in [2.05, 4.69) is 39.6 Å². The third-order valence-corrected chi connectivity index (χ3v) is 5.19. The fourth-order valence-electron chi connectivity index (χ4n) is 3.80. The second-order valence-electron chi connectivity index (χ2n) is 6.89. The van der Waals surface area contributed by atoms with Crippen LogP contribution in [0, 0.1) is 0 Å². The number of hydrogen-bond donors (Lipinski definition) is 1. The minimum absolute atomic E-state index is 0.205. The Morgan fingerprint density at radius 3 is 2.96 bits per heavy atom. The van der Waals surface area contributed by atoms with E-state index < -0.39 is 0 Å². The lowest BCUT2D eigenvalue weighted by atomic mass is 10.0. The van der Waals surface area contributed by atoms with Crippen LogP contribution in [-0.4, -0.2) is 32.4 Å². The highest BCUT2D eigenvalue weighted by molar-refractivity contribution is 5.97. The summed E-state index contributed by atoms with van der Waals surface area (Å²) < 4.78 is 1.88. The molecule has 1 aliphatic heterocycles. The van der Waals surface area contributed by atoms with Crippen molar-refractivity contribution in [3.63, 3.8) is 0 Å². The number of H-pyrrole nitrogens is 1. The van der Waals surface area contributed by atoms with E-state index >= 15 is 0 Å². The molecule has 3 heterocycles. The number of anilines is 1. The highest BCUT2D eigenvalue weighted by Gasteiger charge is 2.22. The number of nitrogens with one attached hydrogen (secondary N) is 1. The van der Waals surface area contributed by atoms with Gasteiger partial charge in [0, 0.05) is 48.6 Å². The molecule has 4 aromatic rings. The Morgan fingerprint density at radius 1 is 1.19 bits per heavy atom. The third-order valence-electron chi connectivity index (χ3n) is 5.19. The molecule has 2 aromatic heterocycles. The molecule has 1 amide bonds. The van der Waals surface area contributed by atoms with Crippen molar-refractivity contribution in [2.24, 2.45) is 7.05 Å². The van der Waals surface area contributed by atoms with Crippen molar-refractivity contribution in [2.45, 2.75) is 19.3 Å². The summed E-state index contributed by atoms with van der Waals surface area (Å²) in [6.45, 7) is 0.801. The Bertz CT molecular complexity index is 1140. The number of aromatic amines is 1. The van der Waals surface area contributed by atoms with Crippen molar-refractivity contribution < 1.29 is 4.79 Å². The summed E-state index contributed by atoms with van der Waals surface area (Å²) in [5.41, 5.74) is 5.29. The van der Waals surface area contributed by atoms with Gasteiger partial charge in [0.15, 0.2) is 0 Å². The van der Waals surface area contributed by atoms with Gasteiger partial charge in [0.25, 0.3) is 0 Å². The van der Waals surface area contributed by atoms with E-state index in [0.717, 1.165) is 52.6 Å². The number of aromatic nitrogens is 4. The average molecular weight is 345 g/mol. The number of carbonyl (C=O) groups is 1. The molecule has 1 N–H and O–H groups in total. The second kappa shape index (κ2) is 5.69. The molecule has 0 unspecified atom stereocenters. The van der Waals surface area contributed by atoms with Crippen molar-refractivity contribution in [2.75, 3.05) is 11.4 Å². The second-order valence-corrected chi connectivity index (χ2v) is 6.89. The number of nitrogens with zero attached hydrogens (tertiary/aromatic N) is 4. The lowest BCUT2D eigenvalue weighted by Gasteiger charge is -2.15. The molecule has 0 saturated carbocycles. The van der Waals surface area contributed by atoms with Crippen LogP contribution in [0.3, 0.4) is 0 Å². The lowest BCUT2D eigenvalue weighted by molar-refractivity contribution is -0.117. The number of hydrogen-bond acceptors (Lipinski definition) is 3. The van der Waals surface area contributed by atoms with Gasteiger partial charge >= 0.3 is 0 Å². The molecule has 1 fully saturated rings. The van der Waals surface area contributed by atoms with E-state index in [9.17, 15) is 4.79 Å². The molecule has 1 saturated heterocycles. The van der Waals surface area contributed by atoms with Crippen LogP contribution in [0.25, 0.3) is 21.8 Å². The molecule has 6 nitrogen and oxygen atoms in total. The molecule has 130 valence electrons. The monoisotopic (exact) mass is 345 g/mol. The molecule has 0 radical (unpaired) electrons. The Labute approximate surface area is 150 Å². The molecule has 0 atom stereocenters. The van der Waals surface area contributed by atoms with Gasteiger partial charge in [0.2, 0.25) is 5.91 Å². The molecule has 0 spiro atoms. The normalized spacial score (nSPS) is 14.8. The smallest absolute Gasteiger partial charge is 0.227 e. The predicted molar refractivity (Wildman–Crippen MR) is 101 cm³/mol. The SMILES string of the molecule is Cn1ncc2cc(Cc3[nH]nc4ccc(N5CCCC5=O)cc34)ccc21. The maximum Gasteiger partial charge on any atom is 0.227 e. The van der Waals surface area contributed by atoms with E-state index in [1.54, 1.807) is 0 Å². The molecule has 26 heavy (non-hydrogen) atoms. The molecular formula is C20H19N5O. The van der Waals surface area contributed by atoms with Crippen molar-refractivity contribution >= 4 is 33.4 Å². The predicted octanol–water partition coefficient (Wildman–Crippen LogP) is 3.17. The van der Waals surface area contributed by atoms with Gasteiger partial charge in [-0.15, -0.1) is 0 Å². The number of benzene rings is 2. The highest BCUT2D eigenvalue weighted by Crippen LogP contribution is 2.28. The quantitative estimate of drug-likeness (QED) is 0.620. The molecule has 2 aromatic carbocycles. The fourth-order valence-corrected chi connectivity index (χ4v) is 3.80. The zero-order valence-corrected chi connectivity index (χ0v) is 14.6. The molecule has 1 aliphatic rings. The van der Waals surface area contributed by atoms with Gasteiger partial charge in [0.05, 0.1) is 17.2 Å². The third kappa shape index (κ3) is 2.37. The topological polar surface area (TPSA) is 66.8 Å². The van der Waals surface area contributed by atoms with Crippen LogP contribution in [0.4, 0.5) is 5.69 Å². The number of amides is 1. The molecule has 6 heteroatoms. The summed E-state index contributed by atoms with van der Waals surface area (Å²) in [7, 11) is 1.95. The maximum atomic E-state index is 12.0. The van der Waals surface area contributed by atoms with Gasteiger partial charge in [0.1, 0.15) is 0 Å². The van der Waals surface area contributed by atoms with Crippen molar-refractivity contribution in [3.8, 4) is 0 Å². The largest absolute Gasteiger partial charge is 0.312 e. The van der Waals surface area contributed by atoms with Gasteiger partial charge < -0.3 is 4.90 Å². The van der Waals surface area contributed by atoms with E-state index in [-0.39, 0.29) is 5.91 Å². The van der Waals surface area contributed by atoms with Crippen LogP contribution in [0.5, 0.6) is 0 Å². The minimum Gasteiger partial charge on any atom is -0.312 e. The minimum atomic E-state index is 0.205. The Morgan fingerprint density at radius 2 is 2.12 bits per heavy atom. The zero-order valence-electron chi connectivity index (χ0n) is 14.6. The Kier molecular flexibility index (Phi) is 3.31. The first-order valence-electron chi connectivity index (χ1n) is 8.87. The van der Waals surface area contributed by atoms with Crippen molar-refractivity contribution in [3.05, 3.63) is 53.9 Å². The van der Waals surface area contributed by atoms with Crippen LogP contribution in [0.1, 0.15) is 24.1 Å². The van der Waals surface area contributed by atoms with Crippen LogP contribution in [0.2, 0.25) is 0 Å². The average Bonchev–Trinajstić information content (AvgIpc) is 3.35. The van der Waals surface area contributed by atoms with Crippen molar-refractivity contribution in [1.82, 2.24) is 20.0 Å². The lowest BCUT2D eigenvalue weighted by Crippen LogP contribution is -2.23. The van der Waals surface area contributed by atoms with E-state index in [1.807, 2.05) is 35.0 Å². The molecule has 0 aliphatic carbocycles. The number of fused-ring (bicyclic) bond motifs is 2. The Balaban J connectivity index is 1.52. The Hall–Kier alpha value is -3.15. The van der Waals surface area contributed by atoms with Crippen molar-refractivity contribution in [1.29, 1.82) is 0 Å². The summed E-state index contributed by atoms with van der Waals surface area (Å²) in [6.07, 6.45) is 4.22. The molecular weight excluding hydrogens is 326 g/mol. The standard InChI is InChI=1S/C20H19N5O/c1-24-19-7-4-13(9-14(19)12-21-24)10-18-16-11-15(5-6-17(16)22-23-18)25-8-2-3-20(25)26/h4-7,9,11-12H,2-3,8,10H2,1H3,(H,22,23). The van der Waals surface area contributed by atoms with Crippen LogP contribution in [-0.2, 0) is 18.3 Å². The van der Waals surface area contributed by atoms with Crippen LogP contribution in [0.15, 0.2) is 42.6 Å². The molecule has 0 bridgehead atoms. The van der Waals surface area contributed by atoms with Gasteiger partial charge in [-0.25, -0.2) is 0 Å². The van der Waals surface area contributed by atoms with Gasteiger partial charge in [-0.1, -0.05) is 6.07 Å². The zero-order chi connectivity index (χ0) is 17.7. The molecule has 5 rings (SSSR count). The van der Waals surface area contributed by atoms with Gasteiger partial charge in [-0.05, 0) is 42.3 Å². The first-order chi connectivity index (χ1) is 12.7. The first-order valence-corrected chi connectivity index (χ1v) is 8.87. The number of rotatable bonds is 3. The first kappa shape index (κ1) is 15.1. The summed E-state index contributed by atoms with van der Waals surface area (Å²) >= 11 is 0. The van der Waals surface area contributed by atoms with E-state index in [4.69, 9.17) is 0 Å². The summed E-state index contributed by atoms with van der Waals surface area (Å²) in [6, 6.07) is 12.5. The van der Waals surface area contributed by atoms with Gasteiger partial charge in [-0.3, -0.25) is 14.6 Å². The highest BCUT2D eigenvalue weighted by atomic mass is 16.2. The summed E-state index contributed by atoms with van der Waals surface area (Å²) in [4.78, 5) is 13.9. The van der Waals surface area contributed by atoms with Crippen LogP contribution < -0.4 is 4.90 Å². The summed E-state index contributed by atoms with van der Waals surface area (Å²) in [5.74, 6) is 0.205. The van der Waals surface area contributed by atoms with Gasteiger partial charge in [-0.2, -0.15) is 10.2 Å².